The van der Waals surface area contributed by atoms with E-state index in [0.717, 1.165) is 13.2 Å². The maximum absolute atomic E-state index is 12.0. The monoisotopic (exact) mass is 236 g/mol. The smallest absolute Gasteiger partial charge is 0.493 e. The molecule has 16 heavy (non-hydrogen) atoms. The van der Waals surface area contributed by atoms with Crippen molar-refractivity contribution in [3.8, 4) is 11.5 Å². The summed E-state index contributed by atoms with van der Waals surface area (Å²) in [6, 6.07) is 3.42. The van der Waals surface area contributed by atoms with Crippen LogP contribution in [0.4, 0.5) is 13.2 Å². The number of carboxylic acid groups (broad SMARTS) is 1. The lowest BCUT2D eigenvalue weighted by Crippen LogP contribution is -2.19. The molecule has 0 unspecified atom stereocenters. The number of para-hydroxylation sites is 1. The van der Waals surface area contributed by atoms with Gasteiger partial charge in [0.1, 0.15) is 5.56 Å². The first kappa shape index (κ1) is 12.2. The van der Waals surface area contributed by atoms with Crippen LogP contribution >= 0.6 is 0 Å². The summed E-state index contributed by atoms with van der Waals surface area (Å²) in [5.41, 5.74) is -0.614. The van der Waals surface area contributed by atoms with Crippen molar-refractivity contribution >= 4 is 5.97 Å². The third kappa shape index (κ3) is 2.78. The number of rotatable bonds is 3. The minimum atomic E-state index is -4.97. The molecule has 0 aliphatic heterocycles. The predicted octanol–water partition coefficient (Wildman–Crippen LogP) is 2.29. The number of carbonyl (C=O) groups is 1. The fraction of sp³-hybridized carbons (Fsp3) is 0.222. The van der Waals surface area contributed by atoms with Crippen molar-refractivity contribution in [1.29, 1.82) is 0 Å². The Morgan fingerprint density at radius 1 is 1.38 bits per heavy atom. The zero-order valence-corrected chi connectivity index (χ0v) is 8.04. The second-order valence-corrected chi connectivity index (χ2v) is 2.69. The summed E-state index contributed by atoms with van der Waals surface area (Å²) >= 11 is 0. The van der Waals surface area contributed by atoms with Crippen LogP contribution in [0, 0.1) is 0 Å². The molecule has 4 nitrogen and oxygen atoms in total. The molecule has 1 aromatic rings. The van der Waals surface area contributed by atoms with Crippen LogP contribution in [0.25, 0.3) is 0 Å². The molecule has 88 valence electrons. The van der Waals surface area contributed by atoms with Gasteiger partial charge in [0.25, 0.3) is 0 Å². The number of hydrogen-bond acceptors (Lipinski definition) is 3. The Labute approximate surface area is 88.2 Å². The lowest BCUT2D eigenvalue weighted by Gasteiger charge is -2.14. The Balaban J connectivity index is 3.25. The number of ether oxygens (including phenoxy) is 2. The Hall–Kier alpha value is -1.92. The molecular weight excluding hydrogens is 229 g/mol. The molecule has 7 heteroatoms. The average molecular weight is 236 g/mol. The number of methoxy groups -OCH3 is 1. The summed E-state index contributed by atoms with van der Waals surface area (Å²) in [6.45, 7) is 0. The van der Waals surface area contributed by atoms with Crippen molar-refractivity contribution in [3.05, 3.63) is 23.8 Å². The van der Waals surface area contributed by atoms with Gasteiger partial charge in [-0.1, -0.05) is 6.07 Å². The summed E-state index contributed by atoms with van der Waals surface area (Å²) < 4.78 is 44.3. The van der Waals surface area contributed by atoms with Crippen LogP contribution in [0.3, 0.4) is 0 Å². The molecule has 1 N–H and O–H groups in total. The van der Waals surface area contributed by atoms with Crippen molar-refractivity contribution < 1.29 is 32.5 Å². The Morgan fingerprint density at radius 2 is 2.00 bits per heavy atom. The molecule has 0 aromatic heterocycles. The highest BCUT2D eigenvalue weighted by molar-refractivity contribution is 5.92. The maximum atomic E-state index is 12.0. The summed E-state index contributed by atoms with van der Waals surface area (Å²) in [6.07, 6.45) is -4.97. The van der Waals surface area contributed by atoms with E-state index < -0.39 is 23.6 Å². The number of aromatic carboxylic acids is 1. The molecule has 1 aromatic carbocycles. The van der Waals surface area contributed by atoms with E-state index in [9.17, 15) is 18.0 Å². The van der Waals surface area contributed by atoms with Crippen molar-refractivity contribution in [1.82, 2.24) is 0 Å². The van der Waals surface area contributed by atoms with Gasteiger partial charge in [0.15, 0.2) is 11.5 Å². The predicted molar refractivity (Wildman–Crippen MR) is 46.6 cm³/mol. The van der Waals surface area contributed by atoms with Crippen molar-refractivity contribution in [3.63, 3.8) is 0 Å². The summed E-state index contributed by atoms with van der Waals surface area (Å²) in [5, 5.41) is 8.68. The van der Waals surface area contributed by atoms with Gasteiger partial charge in [0, 0.05) is 0 Å². The molecule has 0 spiro atoms. The molecule has 1 rings (SSSR count). The second-order valence-electron chi connectivity index (χ2n) is 2.69. The van der Waals surface area contributed by atoms with E-state index in [0.29, 0.717) is 0 Å². The first-order valence-electron chi connectivity index (χ1n) is 4.01. The normalized spacial score (nSPS) is 11.0. The van der Waals surface area contributed by atoms with Crippen LogP contribution in [-0.4, -0.2) is 24.5 Å². The molecule has 0 bridgehead atoms. The molecule has 0 heterocycles. The molecule has 0 atom stereocenters. The topological polar surface area (TPSA) is 55.8 Å². The van der Waals surface area contributed by atoms with E-state index in [1.165, 1.54) is 12.1 Å². The van der Waals surface area contributed by atoms with Crippen LogP contribution in [0.2, 0.25) is 0 Å². The Morgan fingerprint density at radius 3 is 2.44 bits per heavy atom. The molecule has 0 amide bonds. The molecule has 0 fully saturated rings. The highest BCUT2D eigenvalue weighted by atomic mass is 19.4. The van der Waals surface area contributed by atoms with Gasteiger partial charge in [-0.25, -0.2) is 4.79 Å². The zero-order chi connectivity index (χ0) is 12.3. The number of hydrogen-bond donors (Lipinski definition) is 1. The molecule has 0 saturated heterocycles. The van der Waals surface area contributed by atoms with Crippen LogP contribution in [-0.2, 0) is 0 Å². The van der Waals surface area contributed by atoms with Crippen molar-refractivity contribution in [2.24, 2.45) is 0 Å². The second kappa shape index (κ2) is 4.30. The zero-order valence-electron chi connectivity index (χ0n) is 8.04. The third-order valence-electron chi connectivity index (χ3n) is 1.65. The van der Waals surface area contributed by atoms with E-state index in [-0.39, 0.29) is 5.75 Å². The number of carboxylic acids is 1. The van der Waals surface area contributed by atoms with Gasteiger partial charge >= 0.3 is 12.3 Å². The van der Waals surface area contributed by atoms with Crippen molar-refractivity contribution in [2.75, 3.05) is 7.11 Å². The van der Waals surface area contributed by atoms with E-state index in [2.05, 4.69) is 9.47 Å². The van der Waals surface area contributed by atoms with Crippen LogP contribution in [0.5, 0.6) is 11.5 Å². The van der Waals surface area contributed by atoms with Crippen LogP contribution < -0.4 is 9.47 Å². The highest BCUT2D eigenvalue weighted by Gasteiger charge is 2.34. The van der Waals surface area contributed by atoms with Crippen LogP contribution in [0.1, 0.15) is 10.4 Å². The minimum absolute atomic E-state index is 0.294. The lowest BCUT2D eigenvalue weighted by molar-refractivity contribution is -0.275. The fourth-order valence-corrected chi connectivity index (χ4v) is 1.07. The molecule has 0 saturated carbocycles. The van der Waals surface area contributed by atoms with Gasteiger partial charge < -0.3 is 14.6 Å². The van der Waals surface area contributed by atoms with E-state index in [1.54, 1.807) is 0 Å². The fourth-order valence-electron chi connectivity index (χ4n) is 1.07. The SMILES string of the molecule is COc1cccc(C(=O)O)c1OC(F)(F)F. The largest absolute Gasteiger partial charge is 0.573 e. The average Bonchev–Trinajstić information content (AvgIpc) is 2.15. The Kier molecular flexibility index (Phi) is 3.26. The van der Waals surface area contributed by atoms with E-state index in [4.69, 9.17) is 5.11 Å². The number of halogens is 3. The highest BCUT2D eigenvalue weighted by Crippen LogP contribution is 2.35. The van der Waals surface area contributed by atoms with Gasteiger partial charge in [-0.2, -0.15) is 0 Å². The van der Waals surface area contributed by atoms with E-state index >= 15 is 0 Å². The van der Waals surface area contributed by atoms with E-state index in [1.807, 2.05) is 0 Å². The van der Waals surface area contributed by atoms with Crippen molar-refractivity contribution in [2.45, 2.75) is 6.36 Å². The quantitative estimate of drug-likeness (QED) is 0.874. The standard InChI is InChI=1S/C9H7F3O4/c1-15-6-4-2-3-5(8(13)14)7(6)16-9(10,11)12/h2-4H,1H3,(H,13,14). The summed E-state index contributed by atoms with van der Waals surface area (Å²) in [7, 11) is 1.12. The molecular formula is C9H7F3O4. The maximum Gasteiger partial charge on any atom is 0.573 e. The van der Waals surface area contributed by atoms with Gasteiger partial charge in [-0.3, -0.25) is 0 Å². The van der Waals surface area contributed by atoms with Crippen LogP contribution in [0.15, 0.2) is 18.2 Å². The lowest BCUT2D eigenvalue weighted by atomic mass is 10.2. The summed E-state index contributed by atoms with van der Waals surface area (Å²) in [4.78, 5) is 10.7. The minimum Gasteiger partial charge on any atom is -0.493 e. The first-order chi connectivity index (χ1) is 7.35. The van der Waals surface area contributed by atoms with Gasteiger partial charge in [-0.15, -0.1) is 13.2 Å². The van der Waals surface area contributed by atoms with Gasteiger partial charge in [0.2, 0.25) is 0 Å². The number of benzene rings is 1. The molecule has 0 radical (unpaired) electrons. The van der Waals surface area contributed by atoms with Gasteiger partial charge in [0.05, 0.1) is 7.11 Å². The summed E-state index contributed by atoms with van der Waals surface area (Å²) in [5.74, 6) is -2.68. The third-order valence-corrected chi connectivity index (χ3v) is 1.65. The first-order valence-corrected chi connectivity index (χ1v) is 4.01. The van der Waals surface area contributed by atoms with Gasteiger partial charge in [-0.05, 0) is 12.1 Å². The number of alkyl halides is 3. The molecule has 0 aliphatic rings. The molecule has 0 aliphatic carbocycles. The Bertz CT molecular complexity index is 400.